The number of phenolic OH excluding ortho intramolecular Hbond substituents is 1. The van der Waals surface area contributed by atoms with Crippen LogP contribution in [0.25, 0.3) is 0 Å². The number of nitrogens with one attached hydrogen (secondary N) is 2. The molecule has 0 aromatic heterocycles. The van der Waals surface area contributed by atoms with Crippen LogP contribution >= 0.6 is 0 Å². The normalized spacial score (nSPS) is 11.9. The third-order valence-electron chi connectivity index (χ3n) is 7.44. The molecular formula is C35H55N3O6. The largest absolute Gasteiger partial charge is 0.508 e. The second kappa shape index (κ2) is 20.9. The van der Waals surface area contributed by atoms with Gasteiger partial charge in [-0.15, -0.1) is 0 Å². The Morgan fingerprint density at radius 3 is 1.95 bits per heavy atom. The summed E-state index contributed by atoms with van der Waals surface area (Å²) in [5.74, 6) is 0.629. The number of hydrogen-bond donors (Lipinski definition) is 3. The number of ether oxygens (including phenoxy) is 1. The Morgan fingerprint density at radius 2 is 1.45 bits per heavy atom. The molecule has 2 amide bonds. The number of esters is 1. The molecule has 3 N–H and O–H groups in total. The SMILES string of the molecule is CCC(C)(C)C(=O)Nc1ccc(O)cc1.CCC(C)=NOC(=O)NCCOC(=O)C(C)(C)CC.CCC(C)c1ccccc1. The van der Waals surface area contributed by atoms with Crippen LogP contribution in [0.3, 0.4) is 0 Å². The minimum atomic E-state index is -0.654. The fraction of sp³-hybridized carbons (Fsp3) is 0.543. The van der Waals surface area contributed by atoms with Crippen LogP contribution in [0.4, 0.5) is 10.5 Å². The summed E-state index contributed by atoms with van der Waals surface area (Å²) < 4.78 is 5.05. The van der Waals surface area contributed by atoms with E-state index >= 15 is 0 Å². The molecule has 0 heterocycles. The monoisotopic (exact) mass is 613 g/mol. The maximum atomic E-state index is 11.8. The van der Waals surface area contributed by atoms with Gasteiger partial charge in [-0.1, -0.05) is 84.0 Å². The van der Waals surface area contributed by atoms with Gasteiger partial charge in [0.05, 0.1) is 17.7 Å². The van der Waals surface area contributed by atoms with Crippen molar-refractivity contribution in [2.24, 2.45) is 16.0 Å². The summed E-state index contributed by atoms with van der Waals surface area (Å²) >= 11 is 0. The Labute approximate surface area is 264 Å². The lowest BCUT2D eigenvalue weighted by molar-refractivity contribution is -0.153. The zero-order valence-corrected chi connectivity index (χ0v) is 28.5. The summed E-state index contributed by atoms with van der Waals surface area (Å²) in [6.45, 7) is 19.8. The molecule has 1 atom stereocenters. The molecule has 0 spiro atoms. The highest BCUT2D eigenvalue weighted by atomic mass is 16.7. The first-order chi connectivity index (χ1) is 20.6. The third kappa shape index (κ3) is 16.7. The van der Waals surface area contributed by atoms with E-state index in [1.54, 1.807) is 31.2 Å². The summed E-state index contributed by atoms with van der Waals surface area (Å²) in [5, 5.41) is 17.9. The summed E-state index contributed by atoms with van der Waals surface area (Å²) in [5.41, 5.74) is 2.02. The van der Waals surface area contributed by atoms with Crippen LogP contribution in [-0.2, 0) is 19.2 Å². The van der Waals surface area contributed by atoms with Crippen molar-refractivity contribution >= 4 is 29.4 Å². The molecule has 2 aromatic rings. The zero-order chi connectivity index (χ0) is 33.8. The highest BCUT2D eigenvalue weighted by molar-refractivity contribution is 5.94. The van der Waals surface area contributed by atoms with E-state index in [9.17, 15) is 14.4 Å². The van der Waals surface area contributed by atoms with Gasteiger partial charge >= 0.3 is 12.1 Å². The fourth-order valence-corrected chi connectivity index (χ4v) is 2.88. The van der Waals surface area contributed by atoms with Crippen molar-refractivity contribution in [1.82, 2.24) is 5.32 Å². The molecular weight excluding hydrogens is 558 g/mol. The van der Waals surface area contributed by atoms with Crippen LogP contribution in [0.15, 0.2) is 59.8 Å². The minimum Gasteiger partial charge on any atom is -0.508 e. The molecule has 9 nitrogen and oxygen atoms in total. The van der Waals surface area contributed by atoms with E-state index in [1.807, 2.05) is 48.5 Å². The van der Waals surface area contributed by atoms with Gasteiger partial charge in [-0.3, -0.25) is 14.4 Å². The molecule has 0 aliphatic carbocycles. The first-order valence-electron chi connectivity index (χ1n) is 15.4. The van der Waals surface area contributed by atoms with Crippen molar-refractivity contribution < 1.29 is 29.1 Å². The Morgan fingerprint density at radius 1 is 0.886 bits per heavy atom. The van der Waals surface area contributed by atoms with Crippen molar-refractivity contribution in [3.05, 3.63) is 60.2 Å². The second-order valence-corrected chi connectivity index (χ2v) is 11.8. The van der Waals surface area contributed by atoms with Crippen LogP contribution in [0.5, 0.6) is 5.75 Å². The maximum Gasteiger partial charge on any atom is 0.433 e. The Kier molecular flexibility index (Phi) is 19.1. The smallest absolute Gasteiger partial charge is 0.433 e. The maximum absolute atomic E-state index is 11.8. The van der Waals surface area contributed by atoms with E-state index in [4.69, 9.17) is 9.84 Å². The third-order valence-corrected chi connectivity index (χ3v) is 7.44. The van der Waals surface area contributed by atoms with E-state index in [0.717, 1.165) is 18.6 Å². The molecule has 2 aromatic carbocycles. The number of benzene rings is 2. The molecule has 0 radical (unpaired) electrons. The van der Waals surface area contributed by atoms with E-state index < -0.39 is 11.5 Å². The van der Waals surface area contributed by atoms with Crippen LogP contribution in [0, 0.1) is 10.8 Å². The van der Waals surface area contributed by atoms with Gasteiger partial charge in [-0.2, -0.15) is 0 Å². The van der Waals surface area contributed by atoms with Crippen molar-refractivity contribution in [2.45, 2.75) is 101 Å². The van der Waals surface area contributed by atoms with Gasteiger partial charge in [0.25, 0.3) is 0 Å². The minimum absolute atomic E-state index is 0.00399. The van der Waals surface area contributed by atoms with Crippen molar-refractivity contribution in [3.8, 4) is 5.75 Å². The number of nitrogens with zero attached hydrogens (tertiary/aromatic N) is 1. The molecule has 0 fully saturated rings. The topological polar surface area (TPSA) is 126 Å². The van der Waals surface area contributed by atoms with Gasteiger partial charge in [0.1, 0.15) is 12.4 Å². The number of hydrogen-bond acceptors (Lipinski definition) is 7. The van der Waals surface area contributed by atoms with Crippen LogP contribution < -0.4 is 10.6 Å². The summed E-state index contributed by atoms with van der Waals surface area (Å²) in [6, 6.07) is 17.1. The van der Waals surface area contributed by atoms with Crippen molar-refractivity contribution in [3.63, 3.8) is 0 Å². The first-order valence-corrected chi connectivity index (χ1v) is 15.4. The van der Waals surface area contributed by atoms with Gasteiger partial charge in [-0.05, 0) is 82.2 Å². The Bertz CT molecular complexity index is 1140. The lowest BCUT2D eigenvalue weighted by atomic mass is 9.89. The number of rotatable bonds is 12. The molecule has 0 bridgehead atoms. The predicted molar refractivity (Wildman–Crippen MR) is 179 cm³/mol. The van der Waals surface area contributed by atoms with E-state index in [0.29, 0.717) is 18.0 Å². The summed E-state index contributed by atoms with van der Waals surface area (Å²) in [7, 11) is 0. The number of amides is 2. The summed E-state index contributed by atoms with van der Waals surface area (Å²) in [6.07, 6.45) is 2.78. The molecule has 1 unspecified atom stereocenters. The lowest BCUT2D eigenvalue weighted by Gasteiger charge is -2.21. The number of anilines is 1. The number of aromatic hydroxyl groups is 1. The average Bonchev–Trinajstić information content (AvgIpc) is 3.03. The van der Waals surface area contributed by atoms with Crippen molar-refractivity contribution in [2.75, 3.05) is 18.5 Å². The van der Waals surface area contributed by atoms with Gasteiger partial charge in [0, 0.05) is 11.1 Å². The molecule has 0 saturated carbocycles. The average molecular weight is 614 g/mol. The Hall–Kier alpha value is -3.88. The van der Waals surface area contributed by atoms with Crippen LogP contribution in [-0.4, -0.2) is 41.9 Å². The molecule has 0 saturated heterocycles. The number of carbonyl (C=O) groups is 3. The highest BCUT2D eigenvalue weighted by Crippen LogP contribution is 2.23. The first kappa shape index (κ1) is 40.1. The fourth-order valence-electron chi connectivity index (χ4n) is 2.88. The molecule has 9 heteroatoms. The molecule has 0 aliphatic rings. The quantitative estimate of drug-likeness (QED) is 0.0551. The number of carbonyl (C=O) groups excluding carboxylic acids is 3. The lowest BCUT2D eigenvalue weighted by Crippen LogP contribution is -2.31. The molecule has 0 aliphatic heterocycles. The van der Waals surface area contributed by atoms with Crippen molar-refractivity contribution in [1.29, 1.82) is 0 Å². The van der Waals surface area contributed by atoms with Crippen LogP contribution in [0.1, 0.15) is 106 Å². The standard InChI is InChI=1S/C13H24N2O4.C12H17NO2.C10H14/c1-6-10(3)15-19-12(17)14-8-9-18-11(16)13(4,5)7-2;1-4-12(2,3)11(15)13-9-5-7-10(14)8-6-9;1-3-9(2)10-7-5-4-6-8-10/h6-9H2,1-5H3,(H,14,17);5-8,14H,4H2,1-3H3,(H,13,15);4-9H,3H2,1-2H3. The molecule has 2 rings (SSSR count). The zero-order valence-electron chi connectivity index (χ0n) is 28.5. The summed E-state index contributed by atoms with van der Waals surface area (Å²) in [4.78, 5) is 39.2. The van der Waals surface area contributed by atoms with E-state index in [2.05, 4.69) is 64.8 Å². The highest BCUT2D eigenvalue weighted by Gasteiger charge is 2.27. The molecule has 44 heavy (non-hydrogen) atoms. The second-order valence-electron chi connectivity index (χ2n) is 11.8. The van der Waals surface area contributed by atoms with Gasteiger partial charge < -0.3 is 20.5 Å². The predicted octanol–water partition coefficient (Wildman–Crippen LogP) is 8.44. The van der Waals surface area contributed by atoms with E-state index in [-0.39, 0.29) is 36.2 Å². The number of oxime groups is 1. The van der Waals surface area contributed by atoms with Gasteiger partial charge in [0.15, 0.2) is 0 Å². The van der Waals surface area contributed by atoms with Gasteiger partial charge in [-0.25, -0.2) is 4.79 Å². The Balaban J connectivity index is 0.000000658. The number of phenols is 1. The van der Waals surface area contributed by atoms with E-state index in [1.165, 1.54) is 12.0 Å². The molecule has 246 valence electrons. The van der Waals surface area contributed by atoms with Gasteiger partial charge in [0.2, 0.25) is 5.91 Å². The van der Waals surface area contributed by atoms with Crippen LogP contribution in [0.2, 0.25) is 0 Å².